The summed E-state index contributed by atoms with van der Waals surface area (Å²) < 4.78 is 9.92. The minimum atomic E-state index is -1.01. The monoisotopic (exact) mass is 567 g/mol. The summed E-state index contributed by atoms with van der Waals surface area (Å²) in [5.74, 6) is -1.87. The number of fused-ring (bicyclic) bond motifs is 2. The second-order valence-corrected chi connectivity index (χ2v) is 8.63. The molecule has 0 saturated carbocycles. The number of hydrogen-bond donors (Lipinski definition) is 5. The van der Waals surface area contributed by atoms with Crippen LogP contribution in [0, 0.1) is 0 Å². The third kappa shape index (κ3) is 8.18. The van der Waals surface area contributed by atoms with Gasteiger partial charge in [0.2, 0.25) is 11.8 Å². The van der Waals surface area contributed by atoms with Crippen LogP contribution in [0.4, 0.5) is 0 Å². The van der Waals surface area contributed by atoms with Crippen molar-refractivity contribution in [2.45, 2.75) is 39.9 Å². The lowest BCUT2D eigenvalue weighted by molar-refractivity contribution is -0.157. The maximum absolute atomic E-state index is 10.9. The number of amides is 3. The molecule has 3 amide bonds. The highest BCUT2D eigenvalue weighted by atomic mass is 35.5. The number of carbonyl (C=O) groups excluding carboxylic acids is 4. The quantitative estimate of drug-likeness (QED) is 0.243. The lowest BCUT2D eigenvalue weighted by Gasteiger charge is -2.03. The SMILES string of the molecule is CCC(=O)NOC(=O)CC.NC(=O)c1cc(Cl)c2c(c1)B(O)OC2.NC(=O)c1cc(Cl)c2c(c1)B(O)OC2. The molecular formula is C22H25B2Cl2N3O9. The molecule has 2 aromatic carbocycles. The molecule has 0 fully saturated rings. The minimum Gasteiger partial charge on any atom is -0.423 e. The van der Waals surface area contributed by atoms with Gasteiger partial charge in [0.1, 0.15) is 0 Å². The summed E-state index contributed by atoms with van der Waals surface area (Å²) in [5.41, 5.74) is 15.2. The van der Waals surface area contributed by atoms with Crippen LogP contribution in [-0.2, 0) is 36.9 Å². The van der Waals surface area contributed by atoms with Crippen molar-refractivity contribution < 1.29 is 43.4 Å². The van der Waals surface area contributed by atoms with Gasteiger partial charge in [0, 0.05) is 34.0 Å². The summed E-state index contributed by atoms with van der Waals surface area (Å²) in [6, 6.07) is 5.96. The van der Waals surface area contributed by atoms with Crippen molar-refractivity contribution in [3.63, 3.8) is 0 Å². The molecular weight excluding hydrogens is 543 g/mol. The number of carbonyl (C=O) groups is 4. The number of rotatable bonds is 4. The predicted molar refractivity (Wildman–Crippen MR) is 140 cm³/mol. The number of hydroxylamine groups is 1. The minimum absolute atomic E-state index is 0.258. The second kappa shape index (κ2) is 14.1. The van der Waals surface area contributed by atoms with Gasteiger partial charge >= 0.3 is 20.2 Å². The molecule has 0 saturated heterocycles. The van der Waals surface area contributed by atoms with E-state index in [0.29, 0.717) is 38.5 Å². The summed E-state index contributed by atoms with van der Waals surface area (Å²) in [6.07, 6.45) is 0.584. The molecule has 0 spiro atoms. The van der Waals surface area contributed by atoms with Gasteiger partial charge in [0.25, 0.3) is 5.91 Å². The first-order valence-electron chi connectivity index (χ1n) is 11.2. The van der Waals surface area contributed by atoms with E-state index in [9.17, 15) is 29.2 Å². The fourth-order valence-corrected chi connectivity index (χ4v) is 3.67. The van der Waals surface area contributed by atoms with Crippen LogP contribution in [0.15, 0.2) is 24.3 Å². The van der Waals surface area contributed by atoms with Crippen molar-refractivity contribution in [2.75, 3.05) is 0 Å². The normalized spacial score (nSPS) is 12.8. The summed E-state index contributed by atoms with van der Waals surface area (Å²) in [4.78, 5) is 46.9. The van der Waals surface area contributed by atoms with Crippen LogP contribution in [0.25, 0.3) is 0 Å². The summed E-state index contributed by atoms with van der Waals surface area (Å²) in [5, 5.41) is 19.6. The average molecular weight is 568 g/mol. The van der Waals surface area contributed by atoms with Gasteiger partial charge in [-0.05, 0) is 46.3 Å². The van der Waals surface area contributed by atoms with Gasteiger partial charge in [0.15, 0.2) is 0 Å². The fraction of sp³-hybridized carbons (Fsp3) is 0.273. The number of halogens is 2. The molecule has 38 heavy (non-hydrogen) atoms. The molecule has 2 aliphatic rings. The third-order valence-electron chi connectivity index (χ3n) is 5.22. The van der Waals surface area contributed by atoms with Gasteiger partial charge in [-0.3, -0.25) is 14.4 Å². The Bertz CT molecular complexity index is 1140. The maximum Gasteiger partial charge on any atom is 0.491 e. The molecule has 0 atom stereocenters. The van der Waals surface area contributed by atoms with Crippen LogP contribution in [0.5, 0.6) is 0 Å². The number of hydrogen-bond acceptors (Lipinski definition) is 9. The molecule has 2 aliphatic heterocycles. The van der Waals surface area contributed by atoms with E-state index in [4.69, 9.17) is 44.0 Å². The Morgan fingerprint density at radius 2 is 1.29 bits per heavy atom. The Morgan fingerprint density at radius 3 is 1.63 bits per heavy atom. The van der Waals surface area contributed by atoms with Crippen LogP contribution in [0.2, 0.25) is 10.0 Å². The fourth-order valence-electron chi connectivity index (χ4n) is 3.11. The van der Waals surface area contributed by atoms with Crippen LogP contribution in [-0.4, -0.2) is 48.0 Å². The van der Waals surface area contributed by atoms with E-state index >= 15 is 0 Å². The number of nitrogens with two attached hydrogens (primary N) is 2. The smallest absolute Gasteiger partial charge is 0.423 e. The molecule has 202 valence electrons. The van der Waals surface area contributed by atoms with Gasteiger partial charge in [-0.15, -0.1) is 0 Å². The van der Waals surface area contributed by atoms with E-state index in [0.717, 1.165) is 0 Å². The van der Waals surface area contributed by atoms with Gasteiger partial charge in [-0.25, -0.2) is 4.79 Å². The Balaban J connectivity index is 0.000000204. The van der Waals surface area contributed by atoms with Crippen molar-refractivity contribution in [1.82, 2.24) is 5.48 Å². The molecule has 12 nitrogen and oxygen atoms in total. The first-order valence-corrected chi connectivity index (χ1v) is 12.0. The van der Waals surface area contributed by atoms with Gasteiger partial charge < -0.3 is 35.7 Å². The van der Waals surface area contributed by atoms with Gasteiger partial charge in [0.05, 0.1) is 13.2 Å². The van der Waals surface area contributed by atoms with E-state index in [1.165, 1.54) is 24.3 Å². The largest absolute Gasteiger partial charge is 0.491 e. The van der Waals surface area contributed by atoms with Crippen LogP contribution < -0.4 is 27.9 Å². The van der Waals surface area contributed by atoms with Gasteiger partial charge in [-0.2, -0.15) is 5.48 Å². The molecule has 0 bridgehead atoms. The number of primary amides is 2. The van der Waals surface area contributed by atoms with E-state index in [1.807, 2.05) is 5.48 Å². The lowest BCUT2D eigenvalue weighted by Crippen LogP contribution is -2.29. The second-order valence-electron chi connectivity index (χ2n) is 7.81. The highest BCUT2D eigenvalue weighted by Gasteiger charge is 2.31. The van der Waals surface area contributed by atoms with Crippen molar-refractivity contribution in [1.29, 1.82) is 0 Å². The summed E-state index contributed by atoms with van der Waals surface area (Å²) in [6.45, 7) is 3.85. The maximum atomic E-state index is 10.9. The molecule has 0 aliphatic carbocycles. The first kappa shape index (κ1) is 31.1. The summed E-state index contributed by atoms with van der Waals surface area (Å²) >= 11 is 11.8. The Morgan fingerprint density at radius 1 is 0.868 bits per heavy atom. The van der Waals surface area contributed by atoms with E-state index in [-0.39, 0.29) is 36.7 Å². The molecule has 2 heterocycles. The van der Waals surface area contributed by atoms with Gasteiger partial charge in [-0.1, -0.05) is 37.0 Å². The van der Waals surface area contributed by atoms with Crippen LogP contribution in [0.1, 0.15) is 58.5 Å². The van der Waals surface area contributed by atoms with Crippen molar-refractivity contribution in [2.24, 2.45) is 11.5 Å². The molecule has 0 unspecified atom stereocenters. The molecule has 0 radical (unpaired) electrons. The first-order chi connectivity index (χ1) is 17.9. The Labute approximate surface area is 228 Å². The van der Waals surface area contributed by atoms with Crippen LogP contribution >= 0.6 is 23.2 Å². The predicted octanol–water partition coefficient (Wildman–Crippen LogP) is -0.306. The Kier molecular flexibility index (Phi) is 11.6. The molecule has 4 rings (SSSR count). The van der Waals surface area contributed by atoms with Crippen LogP contribution in [0.3, 0.4) is 0 Å². The zero-order chi connectivity index (χ0) is 28.6. The average Bonchev–Trinajstić information content (AvgIpc) is 3.46. The van der Waals surface area contributed by atoms with E-state index < -0.39 is 32.0 Å². The lowest BCUT2D eigenvalue weighted by atomic mass is 9.78. The molecule has 2 aromatic rings. The molecule has 16 heteroatoms. The zero-order valence-corrected chi connectivity index (χ0v) is 22.0. The highest BCUT2D eigenvalue weighted by Crippen LogP contribution is 2.22. The zero-order valence-electron chi connectivity index (χ0n) is 20.5. The highest BCUT2D eigenvalue weighted by molar-refractivity contribution is 6.62. The van der Waals surface area contributed by atoms with Crippen molar-refractivity contribution in [3.05, 3.63) is 56.6 Å². The third-order valence-corrected chi connectivity index (χ3v) is 5.90. The summed E-state index contributed by atoms with van der Waals surface area (Å²) in [7, 11) is -2.02. The van der Waals surface area contributed by atoms with Crippen molar-refractivity contribution in [3.8, 4) is 0 Å². The van der Waals surface area contributed by atoms with E-state index in [2.05, 4.69) is 4.84 Å². The number of benzene rings is 2. The topological polar surface area (TPSA) is 200 Å². The molecule has 7 N–H and O–H groups in total. The standard InChI is InChI=1S/2C8H7BClNO3.C6H11NO3/c2*10-7-2-4(8(11)12)1-6-5(7)3-14-9(6)13;1-3-5(8)7-10-6(9)4-2/h2*1-2,13H,3H2,(H2,11,12);3-4H2,1-2H3,(H,7,8). The number of nitrogens with one attached hydrogen (secondary N) is 1. The Hall–Kier alpha value is -3.13. The van der Waals surface area contributed by atoms with E-state index in [1.54, 1.807) is 13.8 Å². The van der Waals surface area contributed by atoms with Crippen molar-refractivity contribution >= 4 is 72.1 Å². The molecule has 0 aromatic heterocycles.